The Balaban J connectivity index is 1.80. The Morgan fingerprint density at radius 2 is 1.36 bits per heavy atom. The third kappa shape index (κ3) is 22.2. The molecular formula is C52H75N13O11S. The van der Waals surface area contributed by atoms with E-state index in [1.807, 2.05) is 24.3 Å². The van der Waals surface area contributed by atoms with Gasteiger partial charge in [-0.15, -0.1) is 0 Å². The van der Waals surface area contributed by atoms with Crippen molar-refractivity contribution in [3.8, 4) is 0 Å². The van der Waals surface area contributed by atoms with Crippen molar-refractivity contribution in [2.45, 2.75) is 133 Å². The second-order valence-electron chi connectivity index (χ2n) is 19.5. The van der Waals surface area contributed by atoms with Gasteiger partial charge >= 0.3 is 0 Å². The van der Waals surface area contributed by atoms with Crippen molar-refractivity contribution in [2.24, 2.45) is 50.5 Å². The number of fused-ring (bicyclic) bond motifs is 1. The molecule has 0 bridgehead atoms. The number of para-hydroxylation sites is 1. The fourth-order valence-corrected chi connectivity index (χ4v) is 9.68. The van der Waals surface area contributed by atoms with E-state index in [-0.39, 0.29) is 114 Å². The number of sulfone groups is 1. The molecule has 0 saturated carbocycles. The van der Waals surface area contributed by atoms with Crippen LogP contribution in [0.3, 0.4) is 0 Å². The van der Waals surface area contributed by atoms with Gasteiger partial charge in [-0.3, -0.25) is 53.1 Å². The highest BCUT2D eigenvalue weighted by Gasteiger charge is 2.35. The fourth-order valence-electron chi connectivity index (χ4n) is 9.02. The number of carbonyl (C=O) groups is 9. The van der Waals surface area contributed by atoms with Gasteiger partial charge in [0.1, 0.15) is 45.6 Å². The first-order valence-electron chi connectivity index (χ1n) is 25.7. The molecule has 25 heteroatoms. The van der Waals surface area contributed by atoms with E-state index in [0.29, 0.717) is 11.1 Å². The van der Waals surface area contributed by atoms with Gasteiger partial charge in [-0.05, 0) is 81.4 Å². The van der Waals surface area contributed by atoms with E-state index >= 15 is 0 Å². The van der Waals surface area contributed by atoms with Crippen LogP contribution in [-0.2, 0) is 65.8 Å². The van der Waals surface area contributed by atoms with Crippen LogP contribution in [0.25, 0.3) is 10.9 Å². The summed E-state index contributed by atoms with van der Waals surface area (Å²) >= 11 is 0. The van der Waals surface area contributed by atoms with Gasteiger partial charge in [0.15, 0.2) is 17.7 Å². The Bertz CT molecular complexity index is 2720. The molecule has 0 radical (unpaired) electrons. The van der Waals surface area contributed by atoms with Gasteiger partial charge in [-0.2, -0.15) is 0 Å². The van der Waals surface area contributed by atoms with E-state index in [1.165, 1.54) is 6.92 Å². The number of primary amides is 1. The molecule has 1 aromatic heterocycles. The third-order valence-electron chi connectivity index (χ3n) is 13.1. The number of nitrogens with one attached hydrogen (secondary N) is 6. The van der Waals surface area contributed by atoms with Crippen molar-refractivity contribution in [1.82, 2.24) is 31.6 Å². The van der Waals surface area contributed by atoms with Crippen LogP contribution in [0.1, 0.15) is 102 Å². The van der Waals surface area contributed by atoms with Gasteiger partial charge < -0.3 is 60.2 Å². The maximum Gasteiger partial charge on any atom is 0.243 e. The lowest BCUT2D eigenvalue weighted by Crippen LogP contribution is -2.58. The van der Waals surface area contributed by atoms with Crippen LogP contribution in [-0.4, -0.2) is 133 Å². The van der Waals surface area contributed by atoms with Crippen molar-refractivity contribution in [3.63, 3.8) is 0 Å². The molecule has 16 N–H and O–H groups in total. The molecule has 1 aliphatic heterocycles. The number of guanidine groups is 2. The summed E-state index contributed by atoms with van der Waals surface area (Å²) in [6, 6.07) is 9.02. The predicted molar refractivity (Wildman–Crippen MR) is 290 cm³/mol. The molecule has 0 spiro atoms. The van der Waals surface area contributed by atoms with E-state index < -0.39 is 117 Å². The molecule has 6 amide bonds. The highest BCUT2D eigenvalue weighted by atomic mass is 32.2. The van der Waals surface area contributed by atoms with E-state index in [9.17, 15) is 51.6 Å². The summed E-state index contributed by atoms with van der Waals surface area (Å²) in [6.45, 7) is 1.37. The van der Waals surface area contributed by atoms with Crippen LogP contribution in [0.5, 0.6) is 0 Å². The number of benzene rings is 2. The second-order valence-corrected chi connectivity index (χ2v) is 21.8. The van der Waals surface area contributed by atoms with Crippen LogP contribution in [0.15, 0.2) is 70.8 Å². The first kappa shape index (κ1) is 61.8. The number of aliphatic imine (C=N–C) groups is 2. The van der Waals surface area contributed by atoms with Gasteiger partial charge in [0.05, 0.1) is 11.8 Å². The van der Waals surface area contributed by atoms with Gasteiger partial charge in [0, 0.05) is 80.9 Å². The van der Waals surface area contributed by atoms with Crippen molar-refractivity contribution in [2.75, 3.05) is 25.1 Å². The maximum absolute atomic E-state index is 14.8. The van der Waals surface area contributed by atoms with Gasteiger partial charge in [0.2, 0.25) is 35.4 Å². The van der Waals surface area contributed by atoms with Crippen LogP contribution in [0.4, 0.5) is 0 Å². The standard InChI is InChI=1S/C52H75N13O11S/c1-31(66)61-40(19-11-24-59-52(56)57)48(72)63-41-21-20-36(67)15-6-8-18-39(46(53)70)62-47(71)34(27-35-30-60-38-17-9-7-16-37(35)38)29-44(68)33(14-10-23-58-51(54)55)28-45(69)43(26-32-12-4-3-5-13-32)65-50(74)42(64-49(41)73)22-25-77(2,75)76/h3-5,7,9,12-13,16-17,30,33-34,39-43,60H,6,8,10-11,14-15,18-29H2,1-2H3,(H2,53,70)(H,61,66)(H,62,71)(H,63,72)(H,64,73)(H,65,74)(H4,54,55,58)(H4,56,57,59)/t33-,34-,39+,40+,41+,42+,43-/m1/s1. The number of H-pyrrole nitrogens is 1. The number of hydrogen-bond donors (Lipinski definition) is 11. The smallest absolute Gasteiger partial charge is 0.243 e. The molecule has 1 saturated heterocycles. The maximum atomic E-state index is 14.8. The summed E-state index contributed by atoms with van der Waals surface area (Å²) in [6.07, 6.45) is 1.62. The number of amides is 6. The minimum atomic E-state index is -3.78. The van der Waals surface area contributed by atoms with Gasteiger partial charge in [-0.1, -0.05) is 55.0 Å². The number of ketones is 3. The average molecular weight is 1090 g/mol. The summed E-state index contributed by atoms with van der Waals surface area (Å²) in [4.78, 5) is 136. The number of aromatic nitrogens is 1. The summed E-state index contributed by atoms with van der Waals surface area (Å²) in [5.41, 5.74) is 30.0. The first-order chi connectivity index (χ1) is 36.5. The van der Waals surface area contributed by atoms with E-state index in [4.69, 9.17) is 28.7 Å². The van der Waals surface area contributed by atoms with E-state index in [1.54, 1.807) is 36.5 Å². The monoisotopic (exact) mass is 1090 g/mol. The normalized spacial score (nSPS) is 21.4. The average Bonchev–Trinajstić information content (AvgIpc) is 3.78. The van der Waals surface area contributed by atoms with Crippen LogP contribution < -0.4 is 55.3 Å². The predicted octanol–water partition coefficient (Wildman–Crippen LogP) is -0.502. The Morgan fingerprint density at radius 1 is 0.714 bits per heavy atom. The zero-order valence-electron chi connectivity index (χ0n) is 43.7. The summed E-state index contributed by atoms with van der Waals surface area (Å²) in [5, 5.41) is 13.9. The molecule has 0 unspecified atom stereocenters. The minimum absolute atomic E-state index is 0.0197. The molecule has 1 fully saturated rings. The Morgan fingerprint density at radius 3 is 2.03 bits per heavy atom. The number of aromatic amines is 1. The van der Waals surface area contributed by atoms with Crippen molar-refractivity contribution in [3.05, 3.63) is 71.9 Å². The Kier molecular flexibility index (Phi) is 24.7. The second kappa shape index (κ2) is 30.8. The van der Waals surface area contributed by atoms with Crippen molar-refractivity contribution in [1.29, 1.82) is 0 Å². The minimum Gasteiger partial charge on any atom is -0.370 e. The molecule has 2 heterocycles. The van der Waals surface area contributed by atoms with Crippen molar-refractivity contribution < 1.29 is 51.6 Å². The molecule has 7 atom stereocenters. The Labute approximate surface area is 448 Å². The molecule has 4 rings (SSSR count). The lowest BCUT2D eigenvalue weighted by Gasteiger charge is -2.27. The summed E-state index contributed by atoms with van der Waals surface area (Å²) in [7, 11) is -3.78. The summed E-state index contributed by atoms with van der Waals surface area (Å²) in [5.74, 6) is -9.45. The highest BCUT2D eigenvalue weighted by Crippen LogP contribution is 2.26. The number of nitrogens with zero attached hydrogens (tertiary/aromatic N) is 2. The molecule has 24 nitrogen and oxygen atoms in total. The van der Waals surface area contributed by atoms with Crippen LogP contribution in [0.2, 0.25) is 0 Å². The van der Waals surface area contributed by atoms with E-state index in [2.05, 4.69) is 41.6 Å². The van der Waals surface area contributed by atoms with Gasteiger partial charge in [-0.25, -0.2) is 8.42 Å². The molecule has 2 aromatic carbocycles. The number of rotatable bonds is 19. The van der Waals surface area contributed by atoms with Crippen LogP contribution in [0, 0.1) is 11.8 Å². The third-order valence-corrected chi connectivity index (χ3v) is 14.1. The number of nitrogens with two attached hydrogens (primary N) is 5. The first-order valence-corrected chi connectivity index (χ1v) is 27.8. The zero-order chi connectivity index (χ0) is 56.7. The molecule has 77 heavy (non-hydrogen) atoms. The number of carbonyl (C=O) groups excluding carboxylic acids is 9. The zero-order valence-corrected chi connectivity index (χ0v) is 44.5. The SMILES string of the molecule is CC(=O)N[C@@H](CCCN=C(N)N)C(=O)N[C@H]1CCC(=O)CCCC[C@@H](C(N)=O)NC(=O)[C@H](Cc2c[nH]c3ccccc23)CC(=O)[C@H](CCCN=C(N)N)CC(=O)[C@@H](Cc2ccccc2)NC(=O)[C@H](CCS(C)(=O)=O)NC1=O. The van der Waals surface area contributed by atoms with Gasteiger partial charge in [0.25, 0.3) is 0 Å². The topological polar surface area (TPSA) is 419 Å². The lowest BCUT2D eigenvalue weighted by atomic mass is 9.83. The number of hydrogen-bond acceptors (Lipinski definition) is 13. The molecule has 420 valence electrons. The highest BCUT2D eigenvalue weighted by molar-refractivity contribution is 7.90. The largest absolute Gasteiger partial charge is 0.370 e. The summed E-state index contributed by atoms with van der Waals surface area (Å²) < 4.78 is 25.2. The van der Waals surface area contributed by atoms with E-state index in [0.717, 1.165) is 17.2 Å². The van der Waals surface area contributed by atoms with Crippen molar-refractivity contribution >= 4 is 85.5 Å². The Hall–Kier alpha value is -7.70. The molecule has 0 aliphatic carbocycles. The fraction of sp³-hybridized carbons (Fsp3) is 0.519. The van der Waals surface area contributed by atoms with Crippen LogP contribution >= 0.6 is 0 Å². The lowest BCUT2D eigenvalue weighted by molar-refractivity contribution is -0.135. The number of Topliss-reactive ketones (excluding diaryl/α,β-unsaturated/α-hetero) is 3. The quantitative estimate of drug-likeness (QED) is 0.0410. The molecular weight excluding hydrogens is 1010 g/mol. The molecule has 1 aliphatic rings. The molecule has 3 aromatic rings.